The van der Waals surface area contributed by atoms with Crippen molar-refractivity contribution in [2.75, 3.05) is 13.2 Å². The highest BCUT2D eigenvalue weighted by molar-refractivity contribution is 9.10. The van der Waals surface area contributed by atoms with E-state index >= 15 is 0 Å². The molecule has 0 radical (unpaired) electrons. The molecule has 2 aromatic carbocycles. The lowest BCUT2D eigenvalue weighted by Gasteiger charge is -2.14. The normalized spacial score (nSPS) is 10.9. The number of hydrogen-bond donors (Lipinski definition) is 1. The maximum absolute atomic E-state index is 11.0. The number of rotatable bonds is 7. The number of allylic oxidation sites excluding steroid dienone is 1. The van der Waals surface area contributed by atoms with Crippen LogP contribution in [-0.4, -0.2) is 19.1 Å². The smallest absolute Gasteiger partial charge is 0.255 e. The highest BCUT2D eigenvalue weighted by Gasteiger charge is 2.13. The van der Waals surface area contributed by atoms with Crippen LogP contribution in [0.15, 0.2) is 45.3 Å². The van der Waals surface area contributed by atoms with Gasteiger partial charge in [0, 0.05) is 4.47 Å². The molecule has 2 rings (SSSR count). The standard InChI is InChI=1S/C19H16Br2N2O3/c1-2-25-17-9-12(8-16(21)19(17)26-11-18(23)24)7-14(10-22)13-3-5-15(20)6-4-13/h3-9H,2,11H2,1H3,(H2,23,24)/b14-7+. The molecule has 0 fully saturated rings. The molecular formula is C19H16Br2N2O3. The van der Waals surface area contributed by atoms with Crippen LogP contribution in [0.1, 0.15) is 18.1 Å². The minimum absolute atomic E-state index is 0.254. The number of benzene rings is 2. The molecule has 5 nitrogen and oxygen atoms in total. The van der Waals surface area contributed by atoms with Crippen molar-refractivity contribution in [1.82, 2.24) is 0 Å². The van der Waals surface area contributed by atoms with Crippen LogP contribution in [0.4, 0.5) is 0 Å². The van der Waals surface area contributed by atoms with Crippen molar-refractivity contribution >= 4 is 49.4 Å². The van der Waals surface area contributed by atoms with Gasteiger partial charge in [-0.15, -0.1) is 0 Å². The zero-order valence-corrected chi connectivity index (χ0v) is 17.1. The summed E-state index contributed by atoms with van der Waals surface area (Å²) < 4.78 is 12.6. The van der Waals surface area contributed by atoms with Crippen LogP contribution < -0.4 is 15.2 Å². The number of ether oxygens (including phenoxy) is 2. The van der Waals surface area contributed by atoms with Gasteiger partial charge in [-0.1, -0.05) is 28.1 Å². The summed E-state index contributed by atoms with van der Waals surface area (Å²) in [6, 6.07) is 13.2. The van der Waals surface area contributed by atoms with Gasteiger partial charge in [0.05, 0.1) is 22.7 Å². The Morgan fingerprint density at radius 3 is 2.50 bits per heavy atom. The summed E-state index contributed by atoms with van der Waals surface area (Å²) in [6.07, 6.45) is 1.76. The van der Waals surface area contributed by atoms with Crippen molar-refractivity contribution in [2.24, 2.45) is 5.73 Å². The molecule has 0 spiro atoms. The summed E-state index contributed by atoms with van der Waals surface area (Å²) in [7, 11) is 0. The van der Waals surface area contributed by atoms with Crippen molar-refractivity contribution in [3.05, 3.63) is 56.5 Å². The van der Waals surface area contributed by atoms with E-state index in [9.17, 15) is 10.1 Å². The van der Waals surface area contributed by atoms with E-state index in [0.717, 1.165) is 15.6 Å². The molecule has 26 heavy (non-hydrogen) atoms. The van der Waals surface area contributed by atoms with Crippen LogP contribution >= 0.6 is 31.9 Å². The molecule has 2 aromatic rings. The van der Waals surface area contributed by atoms with Gasteiger partial charge >= 0.3 is 0 Å². The molecule has 0 saturated carbocycles. The summed E-state index contributed by atoms with van der Waals surface area (Å²) in [5.74, 6) is 0.276. The maximum Gasteiger partial charge on any atom is 0.255 e. The summed E-state index contributed by atoms with van der Waals surface area (Å²) in [5, 5.41) is 9.50. The molecule has 7 heteroatoms. The predicted molar refractivity (Wildman–Crippen MR) is 108 cm³/mol. The number of hydrogen-bond acceptors (Lipinski definition) is 4. The molecule has 0 bridgehead atoms. The summed E-state index contributed by atoms with van der Waals surface area (Å²) >= 11 is 6.80. The maximum atomic E-state index is 11.0. The van der Waals surface area contributed by atoms with Gasteiger partial charge in [0.1, 0.15) is 0 Å². The average molecular weight is 480 g/mol. The zero-order chi connectivity index (χ0) is 19.1. The number of amides is 1. The topological polar surface area (TPSA) is 85.3 Å². The monoisotopic (exact) mass is 478 g/mol. The van der Waals surface area contributed by atoms with Crippen molar-refractivity contribution < 1.29 is 14.3 Å². The zero-order valence-electron chi connectivity index (χ0n) is 14.0. The fourth-order valence-corrected chi connectivity index (χ4v) is 3.03. The van der Waals surface area contributed by atoms with Crippen LogP contribution in [0, 0.1) is 11.3 Å². The van der Waals surface area contributed by atoms with Crippen LogP contribution in [0.25, 0.3) is 11.6 Å². The fraction of sp³-hybridized carbons (Fsp3) is 0.158. The Morgan fingerprint density at radius 2 is 1.92 bits per heavy atom. The van der Waals surface area contributed by atoms with E-state index < -0.39 is 5.91 Å². The van der Waals surface area contributed by atoms with Crippen molar-refractivity contribution in [3.8, 4) is 17.6 Å². The molecule has 0 unspecified atom stereocenters. The minimum Gasteiger partial charge on any atom is -0.490 e. The van der Waals surface area contributed by atoms with Crippen molar-refractivity contribution in [3.63, 3.8) is 0 Å². The van der Waals surface area contributed by atoms with Crippen LogP contribution in [0.2, 0.25) is 0 Å². The Balaban J connectivity index is 2.43. The predicted octanol–water partition coefficient (Wildman–Crippen LogP) is 4.54. The number of nitrogens with two attached hydrogens (primary N) is 1. The van der Waals surface area contributed by atoms with Crippen LogP contribution in [0.5, 0.6) is 11.5 Å². The molecule has 0 aliphatic carbocycles. The van der Waals surface area contributed by atoms with E-state index in [0.29, 0.717) is 28.2 Å². The van der Waals surface area contributed by atoms with Gasteiger partial charge in [0.15, 0.2) is 18.1 Å². The first-order valence-electron chi connectivity index (χ1n) is 7.69. The average Bonchev–Trinajstić information content (AvgIpc) is 2.60. The van der Waals surface area contributed by atoms with Crippen LogP contribution in [0.3, 0.4) is 0 Å². The quantitative estimate of drug-likeness (QED) is 0.466. The second-order valence-electron chi connectivity index (χ2n) is 5.19. The van der Waals surface area contributed by atoms with Crippen molar-refractivity contribution in [1.29, 1.82) is 5.26 Å². The molecule has 0 atom stereocenters. The van der Waals surface area contributed by atoms with Gasteiger partial charge in [-0.2, -0.15) is 5.26 Å². The molecule has 0 aliphatic heterocycles. The summed E-state index contributed by atoms with van der Waals surface area (Å²) in [4.78, 5) is 11.0. The molecule has 0 heterocycles. The number of carbonyl (C=O) groups is 1. The number of primary amides is 1. The van der Waals surface area contributed by atoms with Gasteiger partial charge in [-0.3, -0.25) is 4.79 Å². The van der Waals surface area contributed by atoms with E-state index in [1.54, 1.807) is 18.2 Å². The number of nitriles is 1. The van der Waals surface area contributed by atoms with E-state index in [1.165, 1.54) is 0 Å². The third-order valence-corrected chi connectivity index (χ3v) is 4.39. The first-order chi connectivity index (χ1) is 12.4. The summed E-state index contributed by atoms with van der Waals surface area (Å²) in [6.45, 7) is 2.01. The van der Waals surface area contributed by atoms with E-state index in [-0.39, 0.29) is 6.61 Å². The number of halogens is 2. The van der Waals surface area contributed by atoms with E-state index in [4.69, 9.17) is 15.2 Å². The first kappa shape index (κ1) is 20.0. The number of carbonyl (C=O) groups excluding carboxylic acids is 1. The Morgan fingerprint density at radius 1 is 1.23 bits per heavy atom. The molecule has 2 N–H and O–H groups in total. The Kier molecular flexibility index (Phi) is 7.25. The second kappa shape index (κ2) is 9.41. The van der Waals surface area contributed by atoms with Gasteiger partial charge in [0.25, 0.3) is 5.91 Å². The molecule has 134 valence electrons. The number of nitrogens with zero attached hydrogens (tertiary/aromatic N) is 1. The largest absolute Gasteiger partial charge is 0.490 e. The van der Waals surface area contributed by atoms with Gasteiger partial charge in [-0.05, 0) is 64.3 Å². The second-order valence-corrected chi connectivity index (χ2v) is 6.96. The highest BCUT2D eigenvalue weighted by Crippen LogP contribution is 2.38. The molecule has 1 amide bonds. The third-order valence-electron chi connectivity index (χ3n) is 3.28. The first-order valence-corrected chi connectivity index (χ1v) is 9.28. The Bertz CT molecular complexity index is 872. The van der Waals surface area contributed by atoms with Crippen LogP contribution in [-0.2, 0) is 4.79 Å². The van der Waals surface area contributed by atoms with E-state index in [1.807, 2.05) is 31.2 Å². The van der Waals surface area contributed by atoms with Gasteiger partial charge in [0.2, 0.25) is 0 Å². The third kappa shape index (κ3) is 5.35. The van der Waals surface area contributed by atoms with Gasteiger partial charge < -0.3 is 15.2 Å². The Hall–Kier alpha value is -2.30. The fourth-order valence-electron chi connectivity index (χ4n) is 2.19. The lowest BCUT2D eigenvalue weighted by Crippen LogP contribution is -2.20. The molecule has 0 aliphatic rings. The lowest BCUT2D eigenvalue weighted by atomic mass is 10.0. The highest BCUT2D eigenvalue weighted by atomic mass is 79.9. The molecular weight excluding hydrogens is 464 g/mol. The lowest BCUT2D eigenvalue weighted by molar-refractivity contribution is -0.119. The van der Waals surface area contributed by atoms with Gasteiger partial charge in [-0.25, -0.2) is 0 Å². The molecule has 0 saturated heterocycles. The SMILES string of the molecule is CCOc1cc(/C=C(\C#N)c2ccc(Br)cc2)cc(Br)c1OCC(N)=O. The summed E-state index contributed by atoms with van der Waals surface area (Å²) in [5.41, 5.74) is 7.21. The molecule has 0 aromatic heterocycles. The van der Waals surface area contributed by atoms with Crippen molar-refractivity contribution in [2.45, 2.75) is 6.92 Å². The Labute approximate surface area is 168 Å². The minimum atomic E-state index is -0.578. The van der Waals surface area contributed by atoms with E-state index in [2.05, 4.69) is 37.9 Å².